The maximum atomic E-state index is 11.6. The minimum Gasteiger partial charge on any atom is -0.369 e. The van der Waals surface area contributed by atoms with E-state index in [9.17, 15) is 4.79 Å². The standard InChI is InChI=1S/C16H15N7O/c17-5-1-13(24)20-10-4-8-23(9-10)12-3-7-19-16-14(12)11-2-6-18-15(11)21-22-16/h2-3,6-7,10H,1,4,8-9H2,(H,19,22)(H,20,24). The van der Waals surface area contributed by atoms with Crippen LogP contribution in [-0.2, 0) is 4.79 Å². The molecule has 0 radical (unpaired) electrons. The van der Waals surface area contributed by atoms with Crippen molar-refractivity contribution in [2.24, 2.45) is 0 Å². The molecule has 1 saturated heterocycles. The van der Waals surface area contributed by atoms with E-state index in [1.165, 1.54) is 0 Å². The number of hydrogen-bond acceptors (Lipinski definition) is 6. The number of nitrogens with one attached hydrogen (secondary N) is 2. The number of nitrogens with zero attached hydrogens (tertiary/aromatic N) is 5. The fourth-order valence-electron chi connectivity index (χ4n) is 3.23. The molecule has 3 aromatic rings. The van der Waals surface area contributed by atoms with Gasteiger partial charge in [0.25, 0.3) is 0 Å². The van der Waals surface area contributed by atoms with E-state index in [4.69, 9.17) is 5.26 Å². The van der Waals surface area contributed by atoms with Crippen molar-refractivity contribution in [1.82, 2.24) is 25.5 Å². The molecule has 1 aliphatic rings. The summed E-state index contributed by atoms with van der Waals surface area (Å²) in [4.78, 5) is 21.2. The number of fused-ring (bicyclic) bond motifs is 3. The molecular weight excluding hydrogens is 306 g/mol. The number of aromatic amines is 1. The van der Waals surface area contributed by atoms with Crippen LogP contribution in [0.3, 0.4) is 0 Å². The van der Waals surface area contributed by atoms with E-state index < -0.39 is 0 Å². The van der Waals surface area contributed by atoms with Crippen molar-refractivity contribution in [3.8, 4) is 6.07 Å². The van der Waals surface area contributed by atoms with Crippen LogP contribution >= 0.6 is 0 Å². The van der Waals surface area contributed by atoms with E-state index in [1.54, 1.807) is 6.20 Å². The summed E-state index contributed by atoms with van der Waals surface area (Å²) in [5.74, 6) is -0.218. The molecule has 3 aromatic heterocycles. The Labute approximate surface area is 137 Å². The second-order valence-corrected chi connectivity index (χ2v) is 5.80. The number of anilines is 1. The van der Waals surface area contributed by atoms with Gasteiger partial charge in [-0.2, -0.15) is 5.26 Å². The summed E-state index contributed by atoms with van der Waals surface area (Å²) in [7, 11) is 0. The Balaban J connectivity index is 1.67. The molecule has 0 bridgehead atoms. The van der Waals surface area contributed by atoms with E-state index in [2.05, 4.69) is 30.4 Å². The van der Waals surface area contributed by atoms with Crippen LogP contribution in [0.5, 0.6) is 0 Å². The molecule has 0 spiro atoms. The molecule has 2 N–H and O–H groups in total. The third-order valence-corrected chi connectivity index (χ3v) is 4.28. The molecule has 4 heterocycles. The average molecular weight is 321 g/mol. The fraction of sp³-hybridized carbons (Fsp3) is 0.312. The highest BCUT2D eigenvalue weighted by atomic mass is 16.1. The van der Waals surface area contributed by atoms with Gasteiger partial charge in [0.05, 0.1) is 17.1 Å². The predicted octanol–water partition coefficient (Wildman–Crippen LogP) is 1.11. The Bertz CT molecular complexity index is 958. The Morgan fingerprint density at radius 2 is 2.38 bits per heavy atom. The van der Waals surface area contributed by atoms with Crippen LogP contribution in [0.1, 0.15) is 12.8 Å². The van der Waals surface area contributed by atoms with Gasteiger partial charge in [-0.15, -0.1) is 10.2 Å². The average Bonchev–Trinajstić information content (AvgIpc) is 3.23. The normalized spacial score (nSPS) is 17.3. The molecule has 0 saturated carbocycles. The number of pyridine rings is 1. The second-order valence-electron chi connectivity index (χ2n) is 5.80. The van der Waals surface area contributed by atoms with E-state index in [0.29, 0.717) is 17.8 Å². The van der Waals surface area contributed by atoms with Gasteiger partial charge in [0.2, 0.25) is 5.91 Å². The van der Waals surface area contributed by atoms with Gasteiger partial charge in [0, 0.05) is 36.9 Å². The van der Waals surface area contributed by atoms with E-state index in [-0.39, 0.29) is 18.4 Å². The number of rotatable bonds is 3. The Kier molecular flexibility index (Phi) is 3.46. The Morgan fingerprint density at radius 3 is 3.25 bits per heavy atom. The molecule has 8 nitrogen and oxygen atoms in total. The van der Waals surface area contributed by atoms with Gasteiger partial charge >= 0.3 is 0 Å². The monoisotopic (exact) mass is 321 g/mol. The van der Waals surface area contributed by atoms with Gasteiger partial charge in [-0.05, 0) is 18.6 Å². The van der Waals surface area contributed by atoms with Crippen LogP contribution in [0, 0.1) is 11.3 Å². The summed E-state index contributed by atoms with van der Waals surface area (Å²) in [5.41, 5.74) is 2.39. The number of nitriles is 1. The lowest BCUT2D eigenvalue weighted by Crippen LogP contribution is -2.36. The first-order valence-electron chi connectivity index (χ1n) is 7.76. The molecule has 1 atom stereocenters. The summed E-state index contributed by atoms with van der Waals surface area (Å²) < 4.78 is 0. The number of hydrogen-bond donors (Lipinski definition) is 2. The molecule has 24 heavy (non-hydrogen) atoms. The molecule has 0 aliphatic carbocycles. The topological polar surface area (TPSA) is 111 Å². The minimum absolute atomic E-state index is 0.0492. The summed E-state index contributed by atoms with van der Waals surface area (Å²) in [6, 6.07) is 5.87. The van der Waals surface area contributed by atoms with Crippen LogP contribution in [0.2, 0.25) is 0 Å². The van der Waals surface area contributed by atoms with Crippen LogP contribution in [0.25, 0.3) is 22.1 Å². The maximum Gasteiger partial charge on any atom is 0.234 e. The second kappa shape index (κ2) is 5.77. The molecule has 1 unspecified atom stereocenters. The highest BCUT2D eigenvalue weighted by Crippen LogP contribution is 2.31. The lowest BCUT2D eigenvalue weighted by molar-refractivity contribution is -0.120. The number of aromatic nitrogens is 4. The SMILES string of the molecule is N#CCC(=O)NC1CCN(c2cc[nH]c3nnc4nccc4c23)C1. The first kappa shape index (κ1) is 14.4. The van der Waals surface area contributed by atoms with E-state index >= 15 is 0 Å². The highest BCUT2D eigenvalue weighted by molar-refractivity contribution is 6.08. The van der Waals surface area contributed by atoms with Crippen LogP contribution in [-0.4, -0.2) is 45.2 Å². The maximum absolute atomic E-state index is 11.6. The first-order valence-corrected chi connectivity index (χ1v) is 7.76. The summed E-state index contributed by atoms with van der Waals surface area (Å²) in [5, 5.41) is 21.8. The van der Waals surface area contributed by atoms with Crippen molar-refractivity contribution < 1.29 is 4.79 Å². The summed E-state index contributed by atoms with van der Waals surface area (Å²) >= 11 is 0. The zero-order valence-corrected chi connectivity index (χ0v) is 12.9. The third kappa shape index (κ3) is 2.40. The molecule has 1 amide bonds. The van der Waals surface area contributed by atoms with Gasteiger partial charge in [0.1, 0.15) is 6.42 Å². The Hall–Kier alpha value is -3.21. The van der Waals surface area contributed by atoms with E-state index in [1.807, 2.05) is 24.4 Å². The van der Waals surface area contributed by atoms with E-state index in [0.717, 1.165) is 29.4 Å². The first-order chi connectivity index (χ1) is 11.8. The van der Waals surface area contributed by atoms with Gasteiger partial charge in [0.15, 0.2) is 11.3 Å². The molecule has 8 heteroatoms. The lowest BCUT2D eigenvalue weighted by atomic mass is 10.2. The fourth-order valence-corrected chi connectivity index (χ4v) is 3.23. The van der Waals surface area contributed by atoms with Crippen molar-refractivity contribution in [2.75, 3.05) is 18.0 Å². The molecule has 120 valence electrons. The quantitative estimate of drug-likeness (QED) is 0.748. The minimum atomic E-state index is -0.218. The van der Waals surface area contributed by atoms with Crippen molar-refractivity contribution in [3.63, 3.8) is 0 Å². The number of carbonyl (C=O) groups is 1. The molecule has 4 rings (SSSR count). The Morgan fingerprint density at radius 1 is 1.46 bits per heavy atom. The van der Waals surface area contributed by atoms with Crippen LogP contribution < -0.4 is 10.2 Å². The van der Waals surface area contributed by atoms with Gasteiger partial charge in [-0.3, -0.25) is 4.79 Å². The van der Waals surface area contributed by atoms with Crippen molar-refractivity contribution in [1.29, 1.82) is 5.26 Å². The van der Waals surface area contributed by atoms with Gasteiger partial charge in [-0.25, -0.2) is 4.98 Å². The summed E-state index contributed by atoms with van der Waals surface area (Å²) in [6.45, 7) is 1.53. The summed E-state index contributed by atoms with van der Waals surface area (Å²) in [6.07, 6.45) is 4.31. The molecule has 1 fully saturated rings. The molecular formula is C16H15N7O. The van der Waals surface area contributed by atoms with Crippen molar-refractivity contribution in [2.45, 2.75) is 18.9 Å². The van der Waals surface area contributed by atoms with Gasteiger partial charge in [-0.1, -0.05) is 0 Å². The van der Waals surface area contributed by atoms with Crippen LogP contribution in [0.4, 0.5) is 5.69 Å². The largest absolute Gasteiger partial charge is 0.369 e. The highest BCUT2D eigenvalue weighted by Gasteiger charge is 2.26. The molecule has 1 aliphatic heterocycles. The number of carbonyl (C=O) groups excluding carboxylic acids is 1. The molecule has 0 aromatic carbocycles. The smallest absolute Gasteiger partial charge is 0.234 e. The van der Waals surface area contributed by atoms with Gasteiger partial charge < -0.3 is 15.2 Å². The van der Waals surface area contributed by atoms with Crippen LogP contribution in [0.15, 0.2) is 24.5 Å². The lowest BCUT2D eigenvalue weighted by Gasteiger charge is -2.20. The van der Waals surface area contributed by atoms with Crippen molar-refractivity contribution >= 4 is 33.7 Å². The predicted molar refractivity (Wildman–Crippen MR) is 88.2 cm³/mol. The number of H-pyrrole nitrogens is 1. The zero-order valence-electron chi connectivity index (χ0n) is 12.9. The number of amides is 1. The van der Waals surface area contributed by atoms with Crippen molar-refractivity contribution in [3.05, 3.63) is 24.5 Å². The third-order valence-electron chi connectivity index (χ3n) is 4.28. The zero-order chi connectivity index (χ0) is 16.5.